The summed E-state index contributed by atoms with van der Waals surface area (Å²) in [5, 5.41) is 1.23. The predicted octanol–water partition coefficient (Wildman–Crippen LogP) is 2.99. The van der Waals surface area contributed by atoms with E-state index in [-0.39, 0.29) is 16.4 Å². The molecule has 0 aliphatic carbocycles. The van der Waals surface area contributed by atoms with Crippen molar-refractivity contribution >= 4 is 28.9 Å². The van der Waals surface area contributed by atoms with Gasteiger partial charge in [-0.1, -0.05) is 17.7 Å². The molecule has 0 fully saturated rings. The summed E-state index contributed by atoms with van der Waals surface area (Å²) in [6.45, 7) is -0.993. The quantitative estimate of drug-likeness (QED) is 0.655. The summed E-state index contributed by atoms with van der Waals surface area (Å²) in [5.41, 5.74) is 10.1. The molecule has 0 aliphatic heterocycles. The van der Waals surface area contributed by atoms with Crippen molar-refractivity contribution in [3.63, 3.8) is 0 Å². The minimum atomic E-state index is -2.92. The van der Waals surface area contributed by atoms with Crippen LogP contribution in [0.5, 0.6) is 5.75 Å². The fourth-order valence-electron chi connectivity index (χ4n) is 1.89. The molecule has 126 valence electrons. The lowest BCUT2D eigenvalue weighted by Gasteiger charge is -2.23. The lowest BCUT2D eigenvalue weighted by atomic mass is 10.2. The number of halogens is 2. The van der Waals surface area contributed by atoms with Gasteiger partial charge in [0, 0.05) is 5.56 Å². The van der Waals surface area contributed by atoms with Crippen LogP contribution in [0.3, 0.4) is 0 Å². The summed E-state index contributed by atoms with van der Waals surface area (Å²) in [4.78, 5) is 12.3. The molecule has 0 radical (unpaired) electrons. The van der Waals surface area contributed by atoms with Crippen LogP contribution in [-0.2, 0) is 0 Å². The highest BCUT2D eigenvalue weighted by molar-refractivity contribution is 7.80. The Hall–Kier alpha value is -2.74. The number of carbonyl (C=O) groups excluding carboxylic acids is 1. The number of nitrogens with two attached hydrogens (primary N) is 1. The van der Waals surface area contributed by atoms with Gasteiger partial charge < -0.3 is 10.5 Å². The number of anilines is 1. The van der Waals surface area contributed by atoms with Crippen LogP contribution in [0.25, 0.3) is 0 Å². The van der Waals surface area contributed by atoms with Gasteiger partial charge in [-0.05, 0) is 55.5 Å². The van der Waals surface area contributed by atoms with E-state index < -0.39 is 12.5 Å². The van der Waals surface area contributed by atoms with Gasteiger partial charge in [-0.3, -0.25) is 10.2 Å². The van der Waals surface area contributed by atoms with Crippen molar-refractivity contribution in [3.8, 4) is 5.75 Å². The number of nitrogens with one attached hydrogen (secondary N) is 1. The van der Waals surface area contributed by atoms with E-state index in [1.807, 2.05) is 19.1 Å². The summed E-state index contributed by atoms with van der Waals surface area (Å²) in [6, 6.07) is 12.5. The third-order valence-electron chi connectivity index (χ3n) is 3.07. The van der Waals surface area contributed by atoms with E-state index in [9.17, 15) is 13.6 Å². The number of hydrogen-bond donors (Lipinski definition) is 2. The number of nitrogens with zero attached hydrogens (tertiary/aromatic N) is 1. The second-order valence-corrected chi connectivity index (χ2v) is 5.27. The molecule has 5 nitrogen and oxygen atoms in total. The van der Waals surface area contributed by atoms with Crippen LogP contribution in [0.15, 0.2) is 48.5 Å². The summed E-state index contributed by atoms with van der Waals surface area (Å²) < 4.78 is 28.5. The minimum absolute atomic E-state index is 0.0358. The largest absolute Gasteiger partial charge is 0.435 e. The van der Waals surface area contributed by atoms with Crippen molar-refractivity contribution in [3.05, 3.63) is 59.7 Å². The zero-order valence-corrected chi connectivity index (χ0v) is 13.5. The van der Waals surface area contributed by atoms with Gasteiger partial charge in [0.25, 0.3) is 5.91 Å². The Bertz CT molecular complexity index is 721. The highest BCUT2D eigenvalue weighted by atomic mass is 32.1. The van der Waals surface area contributed by atoms with Crippen LogP contribution in [0.4, 0.5) is 14.5 Å². The Kier molecular flexibility index (Phi) is 5.64. The Labute approximate surface area is 143 Å². The molecule has 24 heavy (non-hydrogen) atoms. The Morgan fingerprint density at radius 2 is 1.75 bits per heavy atom. The van der Waals surface area contributed by atoms with E-state index in [1.54, 1.807) is 12.1 Å². The van der Waals surface area contributed by atoms with Gasteiger partial charge in [-0.2, -0.15) is 8.78 Å². The maximum atomic E-state index is 12.3. The number of hydrazine groups is 1. The third-order valence-corrected chi connectivity index (χ3v) is 3.25. The number of hydrogen-bond acceptors (Lipinski definition) is 3. The molecule has 1 amide bonds. The molecule has 0 aromatic heterocycles. The standard InChI is InChI=1S/C16H15F2N3O2S/c1-10-2-6-12(7-3-10)21(16(19)24)20-14(22)11-4-8-13(9-5-11)23-15(17)18/h2-9,15H,1H3,(H2,19,24)(H,20,22). The van der Waals surface area contributed by atoms with E-state index in [0.29, 0.717) is 5.69 Å². The van der Waals surface area contributed by atoms with E-state index in [1.165, 1.54) is 29.3 Å². The number of benzene rings is 2. The van der Waals surface area contributed by atoms with Crippen LogP contribution in [0, 0.1) is 6.92 Å². The Morgan fingerprint density at radius 1 is 1.17 bits per heavy atom. The SMILES string of the molecule is Cc1ccc(N(NC(=O)c2ccc(OC(F)F)cc2)C(N)=S)cc1. The summed E-state index contributed by atoms with van der Waals surface area (Å²) in [6.07, 6.45) is 0. The molecule has 0 aliphatic rings. The lowest BCUT2D eigenvalue weighted by molar-refractivity contribution is -0.0498. The fourth-order valence-corrected chi connectivity index (χ4v) is 2.05. The van der Waals surface area contributed by atoms with Crippen molar-refractivity contribution in [1.82, 2.24) is 5.43 Å². The fraction of sp³-hybridized carbons (Fsp3) is 0.125. The van der Waals surface area contributed by atoms with Crippen LogP contribution in [-0.4, -0.2) is 17.6 Å². The lowest BCUT2D eigenvalue weighted by Crippen LogP contribution is -2.49. The molecule has 0 saturated carbocycles. The van der Waals surface area contributed by atoms with Crippen molar-refractivity contribution in [2.24, 2.45) is 5.73 Å². The van der Waals surface area contributed by atoms with Gasteiger partial charge in [-0.25, -0.2) is 5.01 Å². The molecule has 0 saturated heterocycles. The first-order chi connectivity index (χ1) is 11.4. The van der Waals surface area contributed by atoms with Crippen LogP contribution in [0.2, 0.25) is 0 Å². The molecule has 0 heterocycles. The number of ether oxygens (including phenoxy) is 1. The van der Waals surface area contributed by atoms with Gasteiger partial charge in [0.05, 0.1) is 5.69 Å². The zero-order valence-electron chi connectivity index (χ0n) is 12.7. The Balaban J connectivity index is 2.13. The van der Waals surface area contributed by atoms with Crippen molar-refractivity contribution in [2.75, 3.05) is 5.01 Å². The number of rotatable bonds is 4. The number of amides is 1. The molecule has 2 aromatic carbocycles. The Morgan fingerprint density at radius 3 is 2.25 bits per heavy atom. The predicted molar refractivity (Wildman–Crippen MR) is 91.0 cm³/mol. The van der Waals surface area contributed by atoms with Gasteiger partial charge in [0.1, 0.15) is 5.75 Å². The number of alkyl halides is 2. The molecular formula is C16H15F2N3O2S. The summed E-state index contributed by atoms with van der Waals surface area (Å²) >= 11 is 4.95. The normalized spacial score (nSPS) is 10.3. The van der Waals surface area contributed by atoms with Crippen LogP contribution >= 0.6 is 12.2 Å². The van der Waals surface area contributed by atoms with E-state index in [4.69, 9.17) is 18.0 Å². The van der Waals surface area contributed by atoms with Crippen molar-refractivity contribution < 1.29 is 18.3 Å². The number of thiocarbonyl (C=S) groups is 1. The van der Waals surface area contributed by atoms with E-state index in [2.05, 4.69) is 10.2 Å². The van der Waals surface area contributed by atoms with Gasteiger partial charge in [0.15, 0.2) is 5.11 Å². The number of aryl methyl sites for hydroxylation is 1. The highest BCUT2D eigenvalue weighted by Crippen LogP contribution is 2.16. The van der Waals surface area contributed by atoms with Crippen molar-refractivity contribution in [2.45, 2.75) is 13.5 Å². The molecule has 0 unspecified atom stereocenters. The van der Waals surface area contributed by atoms with Gasteiger partial charge in [-0.15, -0.1) is 0 Å². The number of carbonyl (C=O) groups is 1. The van der Waals surface area contributed by atoms with E-state index >= 15 is 0 Å². The highest BCUT2D eigenvalue weighted by Gasteiger charge is 2.15. The average molecular weight is 351 g/mol. The molecule has 0 atom stereocenters. The zero-order chi connectivity index (χ0) is 17.7. The summed E-state index contributed by atoms with van der Waals surface area (Å²) in [7, 11) is 0. The molecule has 2 aromatic rings. The molecule has 8 heteroatoms. The first-order valence-electron chi connectivity index (χ1n) is 6.89. The van der Waals surface area contributed by atoms with Gasteiger partial charge >= 0.3 is 6.61 Å². The summed E-state index contributed by atoms with van der Waals surface area (Å²) in [5.74, 6) is -0.529. The second-order valence-electron chi connectivity index (χ2n) is 4.85. The van der Waals surface area contributed by atoms with Crippen molar-refractivity contribution in [1.29, 1.82) is 0 Å². The van der Waals surface area contributed by atoms with Crippen LogP contribution in [0.1, 0.15) is 15.9 Å². The topological polar surface area (TPSA) is 67.6 Å². The first-order valence-corrected chi connectivity index (χ1v) is 7.29. The third kappa shape index (κ3) is 4.63. The second kappa shape index (κ2) is 7.69. The molecule has 2 rings (SSSR count). The molecular weight excluding hydrogens is 336 g/mol. The smallest absolute Gasteiger partial charge is 0.387 e. The average Bonchev–Trinajstić information content (AvgIpc) is 2.53. The first kappa shape index (κ1) is 17.6. The van der Waals surface area contributed by atoms with Gasteiger partial charge in [0.2, 0.25) is 0 Å². The minimum Gasteiger partial charge on any atom is -0.435 e. The molecule has 0 bridgehead atoms. The van der Waals surface area contributed by atoms with Crippen LogP contribution < -0.4 is 20.9 Å². The molecule has 0 spiro atoms. The maximum Gasteiger partial charge on any atom is 0.387 e. The monoisotopic (exact) mass is 351 g/mol. The molecule has 3 N–H and O–H groups in total. The van der Waals surface area contributed by atoms with E-state index in [0.717, 1.165) is 5.56 Å². The maximum absolute atomic E-state index is 12.3.